The molecule has 0 aliphatic carbocycles. The molecule has 0 bridgehead atoms. The van der Waals surface area contributed by atoms with Gasteiger partial charge >= 0.3 is 0 Å². The van der Waals surface area contributed by atoms with Crippen molar-refractivity contribution in [1.29, 1.82) is 0 Å². The lowest BCUT2D eigenvalue weighted by atomic mass is 10.1. The second-order valence-electron chi connectivity index (χ2n) is 5.39. The van der Waals surface area contributed by atoms with E-state index < -0.39 is 0 Å². The molecule has 2 amide bonds. The van der Waals surface area contributed by atoms with E-state index in [1.807, 2.05) is 6.07 Å². The van der Waals surface area contributed by atoms with Crippen molar-refractivity contribution >= 4 is 44.2 Å². The van der Waals surface area contributed by atoms with Crippen molar-refractivity contribution in [3.05, 3.63) is 38.8 Å². The Hall–Kier alpha value is -1.93. The summed E-state index contributed by atoms with van der Waals surface area (Å²) in [4.78, 5) is 31.2. The molecule has 6 nitrogen and oxygen atoms in total. The zero-order valence-electron chi connectivity index (χ0n) is 13.3. The summed E-state index contributed by atoms with van der Waals surface area (Å²) in [6.07, 6.45) is 0.679. The maximum absolute atomic E-state index is 12.8. The van der Waals surface area contributed by atoms with Crippen molar-refractivity contribution in [2.75, 3.05) is 19.0 Å². The summed E-state index contributed by atoms with van der Waals surface area (Å²) in [6.45, 7) is 2.55. The number of ether oxygens (including phenoxy) is 1. The first kappa shape index (κ1) is 16.9. The van der Waals surface area contributed by atoms with Crippen molar-refractivity contribution in [2.45, 2.75) is 19.9 Å². The van der Waals surface area contributed by atoms with Crippen LogP contribution in [-0.4, -0.2) is 35.4 Å². The van der Waals surface area contributed by atoms with Crippen LogP contribution in [0.2, 0.25) is 0 Å². The normalized spacial score (nSPS) is 13.4. The van der Waals surface area contributed by atoms with E-state index >= 15 is 0 Å². The molecule has 8 heteroatoms. The molecule has 1 N–H and O–H groups in total. The Labute approximate surface area is 152 Å². The number of benzene rings is 1. The number of carbonyl (C=O) groups is 2. The van der Waals surface area contributed by atoms with Crippen LogP contribution < -0.4 is 10.1 Å². The van der Waals surface area contributed by atoms with Gasteiger partial charge in [-0.25, -0.2) is 4.98 Å². The van der Waals surface area contributed by atoms with Gasteiger partial charge in [-0.1, -0.05) is 11.3 Å². The van der Waals surface area contributed by atoms with Gasteiger partial charge in [-0.3, -0.25) is 9.59 Å². The predicted molar refractivity (Wildman–Crippen MR) is 95.6 cm³/mol. The molecular formula is C16H16BrN3O3S. The number of rotatable bonds is 3. The molecule has 1 aromatic heterocycles. The SMILES string of the molecule is COc1ccc(Br)c(C(=O)N2CCc3nc(NC(C)=O)sc3C2)c1. The lowest BCUT2D eigenvalue weighted by Crippen LogP contribution is -2.35. The maximum Gasteiger partial charge on any atom is 0.255 e. The summed E-state index contributed by atoms with van der Waals surface area (Å²) in [7, 11) is 1.57. The van der Waals surface area contributed by atoms with Gasteiger partial charge in [-0.2, -0.15) is 0 Å². The largest absolute Gasteiger partial charge is 0.497 e. The molecule has 1 aliphatic rings. The van der Waals surface area contributed by atoms with Gasteiger partial charge in [0.15, 0.2) is 5.13 Å². The van der Waals surface area contributed by atoms with E-state index in [-0.39, 0.29) is 11.8 Å². The zero-order chi connectivity index (χ0) is 17.3. The number of nitrogens with zero attached hydrogens (tertiary/aromatic N) is 2. The van der Waals surface area contributed by atoms with Crippen LogP contribution in [0.1, 0.15) is 27.9 Å². The van der Waals surface area contributed by atoms with E-state index in [4.69, 9.17) is 4.74 Å². The van der Waals surface area contributed by atoms with E-state index in [1.54, 1.807) is 24.1 Å². The van der Waals surface area contributed by atoms with Gasteiger partial charge in [0.2, 0.25) is 5.91 Å². The summed E-state index contributed by atoms with van der Waals surface area (Å²) >= 11 is 4.85. The number of amides is 2. The lowest BCUT2D eigenvalue weighted by Gasteiger charge is -2.26. The number of hydrogen-bond donors (Lipinski definition) is 1. The number of carbonyl (C=O) groups excluding carboxylic acids is 2. The number of methoxy groups -OCH3 is 1. The Kier molecular flexibility index (Phi) is 4.86. The minimum atomic E-state index is -0.144. The van der Waals surface area contributed by atoms with Gasteiger partial charge in [0.25, 0.3) is 5.91 Å². The number of fused-ring (bicyclic) bond motifs is 1. The van der Waals surface area contributed by atoms with Gasteiger partial charge in [0.05, 0.1) is 24.9 Å². The van der Waals surface area contributed by atoms with Crippen molar-refractivity contribution in [2.24, 2.45) is 0 Å². The first-order valence-corrected chi connectivity index (χ1v) is 8.98. The maximum atomic E-state index is 12.8. The molecule has 0 radical (unpaired) electrons. The average Bonchev–Trinajstić information content (AvgIpc) is 2.95. The number of aromatic nitrogens is 1. The predicted octanol–water partition coefficient (Wildman–Crippen LogP) is 3.07. The van der Waals surface area contributed by atoms with E-state index in [0.717, 1.165) is 15.0 Å². The van der Waals surface area contributed by atoms with Gasteiger partial charge < -0.3 is 15.0 Å². The minimum Gasteiger partial charge on any atom is -0.497 e. The highest BCUT2D eigenvalue weighted by atomic mass is 79.9. The van der Waals surface area contributed by atoms with Crippen molar-refractivity contribution in [3.63, 3.8) is 0 Å². The Morgan fingerprint density at radius 2 is 2.21 bits per heavy atom. The molecule has 0 saturated heterocycles. The number of anilines is 1. The lowest BCUT2D eigenvalue weighted by molar-refractivity contribution is -0.114. The Morgan fingerprint density at radius 1 is 1.42 bits per heavy atom. The van der Waals surface area contributed by atoms with Crippen molar-refractivity contribution < 1.29 is 14.3 Å². The molecule has 0 saturated carbocycles. The fourth-order valence-electron chi connectivity index (χ4n) is 2.54. The highest BCUT2D eigenvalue weighted by molar-refractivity contribution is 9.10. The number of thiazole rings is 1. The van der Waals surface area contributed by atoms with Crippen LogP contribution in [-0.2, 0) is 17.8 Å². The minimum absolute atomic E-state index is 0.0547. The summed E-state index contributed by atoms with van der Waals surface area (Å²) in [6, 6.07) is 5.35. The zero-order valence-corrected chi connectivity index (χ0v) is 15.7. The van der Waals surface area contributed by atoms with E-state index in [9.17, 15) is 9.59 Å². The Morgan fingerprint density at radius 3 is 2.92 bits per heavy atom. The van der Waals surface area contributed by atoms with Crippen LogP contribution >= 0.6 is 27.3 Å². The summed E-state index contributed by atoms with van der Waals surface area (Å²) < 4.78 is 5.94. The quantitative estimate of drug-likeness (QED) is 0.845. The van der Waals surface area contributed by atoms with Crippen LogP contribution in [0.5, 0.6) is 5.75 Å². The highest BCUT2D eigenvalue weighted by Crippen LogP contribution is 2.30. The Balaban J connectivity index is 1.81. The van der Waals surface area contributed by atoms with Crippen molar-refractivity contribution in [3.8, 4) is 5.75 Å². The molecule has 2 aromatic rings. The van der Waals surface area contributed by atoms with Gasteiger partial charge in [0.1, 0.15) is 5.75 Å². The molecule has 24 heavy (non-hydrogen) atoms. The average molecular weight is 410 g/mol. The first-order valence-electron chi connectivity index (χ1n) is 7.37. The molecule has 0 spiro atoms. The molecule has 0 fully saturated rings. The van der Waals surface area contributed by atoms with E-state index in [0.29, 0.717) is 36.0 Å². The van der Waals surface area contributed by atoms with Crippen LogP contribution in [0.15, 0.2) is 22.7 Å². The van der Waals surface area contributed by atoms with E-state index in [2.05, 4.69) is 26.2 Å². The second kappa shape index (κ2) is 6.90. The number of halogens is 1. The first-order chi connectivity index (χ1) is 11.5. The standard InChI is InChI=1S/C16H16BrN3O3S/c1-9(21)18-16-19-13-5-6-20(8-14(13)24-16)15(22)11-7-10(23-2)3-4-12(11)17/h3-4,7H,5-6,8H2,1-2H3,(H,18,19,21). The monoisotopic (exact) mass is 409 g/mol. The van der Waals surface area contributed by atoms with Crippen LogP contribution in [0.3, 0.4) is 0 Å². The van der Waals surface area contributed by atoms with Gasteiger partial charge in [-0.15, -0.1) is 0 Å². The third-order valence-electron chi connectivity index (χ3n) is 3.71. The number of hydrogen-bond acceptors (Lipinski definition) is 5. The summed E-state index contributed by atoms with van der Waals surface area (Å²) in [5, 5.41) is 3.29. The van der Waals surface area contributed by atoms with Gasteiger partial charge in [-0.05, 0) is 34.1 Å². The molecule has 1 aliphatic heterocycles. The van der Waals surface area contributed by atoms with Crippen LogP contribution in [0.4, 0.5) is 5.13 Å². The van der Waals surface area contributed by atoms with Crippen molar-refractivity contribution in [1.82, 2.24) is 9.88 Å². The number of nitrogens with one attached hydrogen (secondary N) is 1. The molecule has 0 unspecified atom stereocenters. The van der Waals surface area contributed by atoms with Crippen LogP contribution in [0.25, 0.3) is 0 Å². The second-order valence-corrected chi connectivity index (χ2v) is 7.33. The summed E-state index contributed by atoms with van der Waals surface area (Å²) in [5.74, 6) is 0.445. The topological polar surface area (TPSA) is 71.5 Å². The fourth-order valence-corrected chi connectivity index (χ4v) is 4.02. The third kappa shape index (κ3) is 3.44. The summed E-state index contributed by atoms with van der Waals surface area (Å²) in [5.41, 5.74) is 1.53. The smallest absolute Gasteiger partial charge is 0.255 e. The van der Waals surface area contributed by atoms with E-state index in [1.165, 1.54) is 18.3 Å². The fraction of sp³-hybridized carbons (Fsp3) is 0.312. The molecule has 3 rings (SSSR count). The Bertz CT molecular complexity index is 806. The molecule has 0 atom stereocenters. The molecule has 1 aromatic carbocycles. The third-order valence-corrected chi connectivity index (χ3v) is 5.39. The highest BCUT2D eigenvalue weighted by Gasteiger charge is 2.26. The van der Waals surface area contributed by atoms with Crippen LogP contribution in [0, 0.1) is 0 Å². The molecule has 2 heterocycles. The molecule has 126 valence electrons. The van der Waals surface area contributed by atoms with Gasteiger partial charge in [0, 0.05) is 29.2 Å². The molecular weight excluding hydrogens is 394 g/mol.